The van der Waals surface area contributed by atoms with Crippen molar-refractivity contribution in [2.24, 2.45) is 33.8 Å². The third kappa shape index (κ3) is 21.2. The van der Waals surface area contributed by atoms with Crippen LogP contribution in [0.4, 0.5) is 0 Å². The van der Waals surface area contributed by atoms with Crippen molar-refractivity contribution in [2.75, 3.05) is 18.1 Å². The first kappa shape index (κ1) is 58.6. The predicted molar refractivity (Wildman–Crippen MR) is 246 cm³/mol. The molecule has 1 aromatic rings. The number of benzene rings is 1. The van der Waals surface area contributed by atoms with E-state index in [4.69, 9.17) is 28.0 Å². The first-order valence-corrected chi connectivity index (χ1v) is 22.0. The molecule has 67 heavy (non-hydrogen) atoms. The average Bonchev–Trinajstić information content (AvgIpc) is 3.25. The minimum atomic E-state index is -1.80. The second-order valence-corrected chi connectivity index (χ2v) is 16.0. The fraction of sp³-hybridized carbons (Fsp3) is 0.564. The molecule has 1 aromatic carbocycles. The zero-order valence-corrected chi connectivity index (χ0v) is 38.8. The first-order valence-electron chi connectivity index (χ1n) is 20.7. The summed E-state index contributed by atoms with van der Waals surface area (Å²) in [6, 6.07) is -7.11. The summed E-state index contributed by atoms with van der Waals surface area (Å²) >= 11 is 8.10. The van der Waals surface area contributed by atoms with Crippen molar-refractivity contribution < 1.29 is 68.4 Å². The van der Waals surface area contributed by atoms with Gasteiger partial charge in [-0.1, -0.05) is 32.4 Å². The van der Waals surface area contributed by atoms with E-state index in [1.807, 2.05) is 0 Å². The number of rotatable bonds is 30. The number of amides is 8. The number of carboxylic acids is 2. The maximum Gasteiger partial charge on any atom is 0.326 e. The molecule has 0 bridgehead atoms. The predicted octanol–water partition coefficient (Wildman–Crippen LogP) is -5.57. The lowest BCUT2D eigenvalue weighted by Gasteiger charge is -2.30. The van der Waals surface area contributed by atoms with Crippen molar-refractivity contribution in [1.29, 1.82) is 0 Å². The maximum atomic E-state index is 14.1. The molecule has 0 radical (unpaired) electrons. The highest BCUT2D eigenvalue weighted by atomic mass is 32.1. The van der Waals surface area contributed by atoms with E-state index < -0.39 is 138 Å². The van der Waals surface area contributed by atoms with E-state index >= 15 is 0 Å². The number of thiol groups is 2. The third-order valence-corrected chi connectivity index (χ3v) is 10.6. The van der Waals surface area contributed by atoms with Crippen molar-refractivity contribution in [3.8, 4) is 5.75 Å². The number of primary amides is 1. The number of aliphatic carboxylic acids is 2. The third-order valence-electron chi connectivity index (χ3n) is 9.83. The number of carbonyl (C=O) groups is 10. The van der Waals surface area contributed by atoms with Gasteiger partial charge < -0.3 is 80.6 Å². The molecule has 0 heterocycles. The van der Waals surface area contributed by atoms with Crippen molar-refractivity contribution in [2.45, 2.75) is 114 Å². The highest BCUT2D eigenvalue weighted by molar-refractivity contribution is 7.80. The standard InChI is InChI=1S/C39H62N12O14S2/c1-4-17(2)29(36(62)51-30(18(3)52)37(63)45-22(38(64)65)6-5-11-44-39(42)43)50-33(59)23(12-19-7-9-20(53)10-8-19)46-32(58)24(14-27(41)54)47-34(60)26(16-67)49-35(61)25(15-66)48-31(57)21(40)13-28(55)56/h7-10,17-18,21-26,29-30,52-53,66-67H,4-6,11-16,40H2,1-3H3,(H2,41,54)(H,45,63)(H,46,58)(H,47,60)(H,48,57)(H,49,61)(H,50,59)(H,51,62)(H,55,56)(H,64,65)(H4,42,43,44). The summed E-state index contributed by atoms with van der Waals surface area (Å²) in [5.74, 6) is -12.9. The normalized spacial score (nSPS) is 15.4. The second kappa shape index (κ2) is 29.3. The van der Waals surface area contributed by atoms with Crippen LogP contribution in [0, 0.1) is 5.92 Å². The van der Waals surface area contributed by atoms with Crippen LogP contribution in [-0.4, -0.2) is 158 Å². The second-order valence-electron chi connectivity index (χ2n) is 15.3. The number of aliphatic imine (C=N–C) groups is 1. The van der Waals surface area contributed by atoms with E-state index in [-0.39, 0.29) is 49.7 Å². The Bertz CT molecular complexity index is 1940. The van der Waals surface area contributed by atoms with Gasteiger partial charge in [-0.15, -0.1) is 0 Å². The lowest BCUT2D eigenvalue weighted by Crippen LogP contribution is -2.62. The summed E-state index contributed by atoms with van der Waals surface area (Å²) in [7, 11) is 0. The number of aliphatic hydroxyl groups excluding tert-OH is 1. The number of aliphatic hydroxyl groups is 1. The number of carboxylic acid groups (broad SMARTS) is 2. The van der Waals surface area contributed by atoms with E-state index in [9.17, 15) is 63.3 Å². The van der Waals surface area contributed by atoms with E-state index in [0.29, 0.717) is 5.56 Å². The molecular weight excluding hydrogens is 925 g/mol. The molecular formula is C39H62N12O14S2. The number of carbonyl (C=O) groups excluding carboxylic acids is 8. The van der Waals surface area contributed by atoms with Crippen LogP contribution in [0.15, 0.2) is 29.3 Å². The highest BCUT2D eigenvalue weighted by Crippen LogP contribution is 2.14. The SMILES string of the molecule is CCC(C)C(NC(=O)C(Cc1ccc(O)cc1)NC(=O)C(CC(N)=O)NC(=O)C(CS)NC(=O)C(CS)NC(=O)C(N)CC(=O)O)C(=O)NC(C(=O)NC(CCCN=C(N)N)C(=O)O)C(C)O. The van der Waals surface area contributed by atoms with Crippen LogP contribution in [0.25, 0.3) is 0 Å². The molecule has 10 atom stereocenters. The number of phenols is 1. The Morgan fingerprint density at radius 3 is 1.58 bits per heavy atom. The summed E-state index contributed by atoms with van der Waals surface area (Å²) in [5.41, 5.74) is 21.9. The fourth-order valence-electron chi connectivity index (χ4n) is 5.88. The van der Waals surface area contributed by atoms with Crippen LogP contribution in [0.3, 0.4) is 0 Å². The number of guanidine groups is 1. The van der Waals surface area contributed by atoms with E-state index in [1.54, 1.807) is 13.8 Å². The number of nitrogens with two attached hydrogens (primary N) is 4. The van der Waals surface area contributed by atoms with Gasteiger partial charge in [0.25, 0.3) is 0 Å². The van der Waals surface area contributed by atoms with Crippen LogP contribution < -0.4 is 60.2 Å². The van der Waals surface area contributed by atoms with E-state index in [2.05, 4.69) is 67.5 Å². The lowest BCUT2D eigenvalue weighted by molar-refractivity contribution is -0.143. The number of nitrogens with zero attached hydrogens (tertiary/aromatic N) is 1. The number of hydrogen-bond acceptors (Lipinski definition) is 16. The van der Waals surface area contributed by atoms with Gasteiger partial charge in [-0.05, 0) is 43.4 Å². The molecule has 10 unspecified atom stereocenters. The fourth-order valence-corrected chi connectivity index (χ4v) is 6.39. The topological polar surface area (TPSA) is 452 Å². The molecule has 1 rings (SSSR count). The summed E-state index contributed by atoms with van der Waals surface area (Å²) < 4.78 is 0. The molecule has 374 valence electrons. The van der Waals surface area contributed by atoms with Gasteiger partial charge in [0, 0.05) is 24.5 Å². The number of phenolic OH excluding ortho intramolecular Hbond substituents is 1. The van der Waals surface area contributed by atoms with Gasteiger partial charge in [-0.3, -0.25) is 48.1 Å². The Kier molecular flexibility index (Phi) is 25.6. The van der Waals surface area contributed by atoms with Gasteiger partial charge in [-0.25, -0.2) is 4.79 Å². The summed E-state index contributed by atoms with van der Waals surface area (Å²) in [6.07, 6.45) is -3.21. The highest BCUT2D eigenvalue weighted by Gasteiger charge is 2.37. The van der Waals surface area contributed by atoms with Gasteiger partial charge >= 0.3 is 11.9 Å². The Hall–Kier alpha value is -6.39. The van der Waals surface area contributed by atoms with Gasteiger partial charge in [0.1, 0.15) is 48.0 Å². The Morgan fingerprint density at radius 2 is 1.10 bits per heavy atom. The Morgan fingerprint density at radius 1 is 0.642 bits per heavy atom. The molecule has 0 aliphatic heterocycles. The van der Waals surface area contributed by atoms with Crippen molar-refractivity contribution in [3.05, 3.63) is 29.8 Å². The average molecular weight is 987 g/mol. The molecule has 28 heteroatoms. The van der Waals surface area contributed by atoms with E-state index in [0.717, 1.165) is 6.92 Å². The minimum absolute atomic E-state index is 0.0529. The number of hydrogen-bond donors (Lipinski definition) is 17. The summed E-state index contributed by atoms with van der Waals surface area (Å²) in [5, 5.41) is 55.4. The van der Waals surface area contributed by atoms with Crippen LogP contribution in [0.1, 0.15) is 58.4 Å². The molecule has 0 fully saturated rings. The van der Waals surface area contributed by atoms with E-state index in [1.165, 1.54) is 24.3 Å². The monoisotopic (exact) mass is 986 g/mol. The van der Waals surface area contributed by atoms with Crippen LogP contribution in [-0.2, 0) is 54.4 Å². The van der Waals surface area contributed by atoms with Crippen LogP contribution in [0.5, 0.6) is 5.75 Å². The van der Waals surface area contributed by atoms with Gasteiger partial charge in [-0.2, -0.15) is 25.3 Å². The van der Waals surface area contributed by atoms with Crippen LogP contribution in [0.2, 0.25) is 0 Å². The molecule has 0 aliphatic carbocycles. The number of aromatic hydroxyl groups is 1. The molecule has 8 amide bonds. The maximum absolute atomic E-state index is 14.1. The Labute approximate surface area is 396 Å². The molecule has 0 aliphatic rings. The first-order chi connectivity index (χ1) is 31.3. The minimum Gasteiger partial charge on any atom is -0.508 e. The quantitative estimate of drug-likeness (QED) is 0.0148. The lowest BCUT2D eigenvalue weighted by atomic mass is 9.96. The molecule has 0 spiro atoms. The van der Waals surface area contributed by atoms with Crippen molar-refractivity contribution in [3.63, 3.8) is 0 Å². The molecule has 26 nitrogen and oxygen atoms in total. The number of nitrogens with one attached hydrogen (secondary N) is 7. The zero-order chi connectivity index (χ0) is 51.1. The van der Waals surface area contributed by atoms with Crippen molar-refractivity contribution in [1.82, 2.24) is 37.2 Å². The van der Waals surface area contributed by atoms with Gasteiger partial charge in [0.2, 0.25) is 47.3 Å². The van der Waals surface area contributed by atoms with Gasteiger partial charge in [0.05, 0.1) is 25.0 Å². The largest absolute Gasteiger partial charge is 0.508 e. The molecule has 19 N–H and O–H groups in total. The Balaban J connectivity index is 3.43. The molecule has 0 saturated carbocycles. The molecule has 0 aromatic heterocycles. The van der Waals surface area contributed by atoms with Crippen molar-refractivity contribution >= 4 is 90.4 Å². The zero-order valence-electron chi connectivity index (χ0n) is 37.0. The summed E-state index contributed by atoms with van der Waals surface area (Å²) in [4.78, 5) is 133. The van der Waals surface area contributed by atoms with Crippen LogP contribution >= 0.6 is 25.3 Å². The summed E-state index contributed by atoms with van der Waals surface area (Å²) in [6.45, 7) is 4.46. The van der Waals surface area contributed by atoms with Gasteiger partial charge in [0.15, 0.2) is 5.96 Å². The molecule has 0 saturated heterocycles. The smallest absolute Gasteiger partial charge is 0.326 e.